The molecule has 6 nitrogen and oxygen atoms in total. The highest BCUT2D eigenvalue weighted by atomic mass is 32.1. The summed E-state index contributed by atoms with van der Waals surface area (Å²) in [4.78, 5) is 17.7. The van der Waals surface area contributed by atoms with Crippen molar-refractivity contribution in [3.05, 3.63) is 89.1 Å². The number of hydrogen-bond donors (Lipinski definition) is 1. The van der Waals surface area contributed by atoms with Gasteiger partial charge in [0.15, 0.2) is 0 Å². The Hall–Kier alpha value is -3.58. The van der Waals surface area contributed by atoms with Gasteiger partial charge in [0, 0.05) is 12.8 Å². The molecule has 0 radical (unpaired) electrons. The van der Waals surface area contributed by atoms with E-state index in [-0.39, 0.29) is 6.42 Å². The Bertz CT molecular complexity index is 1200. The Morgan fingerprint density at radius 2 is 1.82 bits per heavy atom. The summed E-state index contributed by atoms with van der Waals surface area (Å²) < 4.78 is 17.6. The van der Waals surface area contributed by atoms with Crippen LogP contribution < -0.4 is 9.47 Å². The minimum absolute atomic E-state index is 0.248. The topological polar surface area (TPSA) is 81.8 Å². The van der Waals surface area contributed by atoms with Crippen LogP contribution in [0.2, 0.25) is 0 Å². The van der Waals surface area contributed by atoms with Gasteiger partial charge in [-0.15, -0.1) is 11.3 Å². The Kier molecular flexibility index (Phi) is 7.33. The number of ether oxygens (including phenoxy) is 2. The van der Waals surface area contributed by atoms with Gasteiger partial charge in [-0.25, -0.2) is 9.78 Å². The largest absolute Gasteiger partial charge is 0.493 e. The van der Waals surface area contributed by atoms with Crippen molar-refractivity contribution in [3.63, 3.8) is 0 Å². The highest BCUT2D eigenvalue weighted by Gasteiger charge is 2.39. The second kappa shape index (κ2) is 10.6. The van der Waals surface area contributed by atoms with Crippen LogP contribution >= 0.6 is 11.3 Å². The Balaban J connectivity index is 1.36. The molecule has 0 aliphatic rings. The molecule has 0 bridgehead atoms. The third kappa shape index (κ3) is 5.48. The molecule has 34 heavy (non-hydrogen) atoms. The fraction of sp³-hybridized carbons (Fsp3) is 0.259. The van der Waals surface area contributed by atoms with E-state index < -0.39 is 11.6 Å². The first-order valence-corrected chi connectivity index (χ1v) is 12.1. The van der Waals surface area contributed by atoms with Crippen LogP contribution in [0.4, 0.5) is 0 Å². The van der Waals surface area contributed by atoms with Gasteiger partial charge in [-0.1, -0.05) is 43.3 Å². The molecule has 0 saturated heterocycles. The zero-order valence-electron chi connectivity index (χ0n) is 19.2. The summed E-state index contributed by atoms with van der Waals surface area (Å²) in [5.74, 6) is 1.71. The van der Waals surface area contributed by atoms with E-state index in [0.29, 0.717) is 36.8 Å². The molecular weight excluding hydrogens is 450 g/mol. The normalized spacial score (nSPS) is 12.8. The molecule has 0 aliphatic carbocycles. The second-order valence-corrected chi connectivity index (χ2v) is 8.93. The second-order valence-electron chi connectivity index (χ2n) is 7.99. The Morgan fingerprint density at radius 1 is 1.06 bits per heavy atom. The fourth-order valence-electron chi connectivity index (χ4n) is 3.68. The molecule has 0 saturated carbocycles. The van der Waals surface area contributed by atoms with Gasteiger partial charge < -0.3 is 19.0 Å². The van der Waals surface area contributed by atoms with Crippen molar-refractivity contribution >= 4 is 17.3 Å². The van der Waals surface area contributed by atoms with E-state index >= 15 is 0 Å². The molecule has 4 aromatic rings. The SMILES string of the molecule is CCC(Cc1ccc(OCCc2nc(-c3cccs3)oc2C)cc1)(Oc1ccccc1)C(=O)O. The number of thiophene rings is 1. The highest BCUT2D eigenvalue weighted by molar-refractivity contribution is 7.13. The lowest BCUT2D eigenvalue weighted by Gasteiger charge is -2.29. The number of aliphatic carboxylic acids is 1. The first-order valence-electron chi connectivity index (χ1n) is 11.2. The summed E-state index contributed by atoms with van der Waals surface area (Å²) in [5.41, 5.74) is 0.404. The molecule has 0 fully saturated rings. The van der Waals surface area contributed by atoms with Crippen LogP contribution in [0.15, 0.2) is 76.5 Å². The van der Waals surface area contributed by atoms with Crippen molar-refractivity contribution in [2.24, 2.45) is 0 Å². The molecule has 2 aromatic carbocycles. The monoisotopic (exact) mass is 477 g/mol. The Morgan fingerprint density at radius 3 is 2.47 bits per heavy atom. The molecule has 0 amide bonds. The summed E-state index contributed by atoms with van der Waals surface area (Å²) in [7, 11) is 0. The zero-order valence-corrected chi connectivity index (χ0v) is 20.0. The van der Waals surface area contributed by atoms with Crippen molar-refractivity contribution in [1.29, 1.82) is 0 Å². The summed E-state index contributed by atoms with van der Waals surface area (Å²) in [6.07, 6.45) is 1.21. The van der Waals surface area contributed by atoms with E-state index in [0.717, 1.165) is 21.9 Å². The van der Waals surface area contributed by atoms with Crippen LogP contribution in [0.25, 0.3) is 10.8 Å². The lowest BCUT2D eigenvalue weighted by molar-refractivity contribution is -0.155. The van der Waals surface area contributed by atoms with Gasteiger partial charge in [0.2, 0.25) is 11.5 Å². The van der Waals surface area contributed by atoms with Gasteiger partial charge in [-0.3, -0.25) is 0 Å². The molecular formula is C27H27NO5S. The van der Waals surface area contributed by atoms with Crippen LogP contribution in [-0.4, -0.2) is 28.3 Å². The number of oxazole rings is 1. The molecule has 2 aromatic heterocycles. The van der Waals surface area contributed by atoms with E-state index in [1.807, 2.05) is 73.8 Å². The average Bonchev–Trinajstić information content (AvgIpc) is 3.50. The van der Waals surface area contributed by atoms with Crippen LogP contribution in [0.5, 0.6) is 11.5 Å². The summed E-state index contributed by atoms with van der Waals surface area (Å²) in [6, 6.07) is 20.5. The predicted octanol–water partition coefficient (Wildman–Crippen LogP) is 6.19. The number of aromatic nitrogens is 1. The number of rotatable bonds is 11. The number of nitrogens with zero attached hydrogens (tertiary/aromatic N) is 1. The minimum atomic E-state index is -1.34. The Labute approximate surface area is 202 Å². The quantitative estimate of drug-likeness (QED) is 0.277. The van der Waals surface area contributed by atoms with Crippen LogP contribution in [0, 0.1) is 6.92 Å². The van der Waals surface area contributed by atoms with E-state index in [1.54, 1.807) is 23.5 Å². The van der Waals surface area contributed by atoms with E-state index in [4.69, 9.17) is 13.9 Å². The van der Waals surface area contributed by atoms with Crippen LogP contribution in [0.3, 0.4) is 0 Å². The molecule has 0 spiro atoms. The van der Waals surface area contributed by atoms with Gasteiger partial charge in [-0.05, 0) is 54.6 Å². The third-order valence-electron chi connectivity index (χ3n) is 5.66. The number of para-hydroxylation sites is 1. The van der Waals surface area contributed by atoms with Crippen LogP contribution in [0.1, 0.15) is 30.4 Å². The van der Waals surface area contributed by atoms with Crippen LogP contribution in [-0.2, 0) is 17.6 Å². The number of benzene rings is 2. The standard InChI is InChI=1S/C27H27NO5S/c1-3-27(26(29)30,33-22-8-5-4-6-9-22)18-20-11-13-21(14-12-20)31-16-15-23-19(2)32-25(28-23)24-10-7-17-34-24/h4-14,17H,3,15-16,18H2,1-2H3,(H,29,30). The van der Waals surface area contributed by atoms with Gasteiger partial charge >= 0.3 is 5.97 Å². The maximum Gasteiger partial charge on any atom is 0.348 e. The van der Waals surface area contributed by atoms with Crippen molar-refractivity contribution in [1.82, 2.24) is 4.98 Å². The molecule has 1 unspecified atom stereocenters. The number of carbonyl (C=O) groups is 1. The van der Waals surface area contributed by atoms with Crippen molar-refractivity contribution in [2.75, 3.05) is 6.61 Å². The first-order chi connectivity index (χ1) is 16.5. The number of hydrogen-bond acceptors (Lipinski definition) is 6. The van der Waals surface area contributed by atoms with Crippen molar-refractivity contribution < 1.29 is 23.8 Å². The van der Waals surface area contributed by atoms with E-state index in [1.165, 1.54) is 0 Å². The van der Waals surface area contributed by atoms with E-state index in [2.05, 4.69) is 4.98 Å². The summed E-state index contributed by atoms with van der Waals surface area (Å²) in [5, 5.41) is 11.9. The molecule has 7 heteroatoms. The van der Waals surface area contributed by atoms with Gasteiger partial charge in [-0.2, -0.15) is 0 Å². The predicted molar refractivity (Wildman–Crippen MR) is 132 cm³/mol. The highest BCUT2D eigenvalue weighted by Crippen LogP contribution is 2.28. The molecule has 176 valence electrons. The first kappa shape index (κ1) is 23.6. The minimum Gasteiger partial charge on any atom is -0.493 e. The van der Waals surface area contributed by atoms with E-state index in [9.17, 15) is 9.90 Å². The van der Waals surface area contributed by atoms with Gasteiger partial charge in [0.1, 0.15) is 17.3 Å². The van der Waals surface area contributed by atoms with Crippen molar-refractivity contribution in [2.45, 2.75) is 38.7 Å². The molecule has 1 N–H and O–H groups in total. The number of aryl methyl sites for hydroxylation is 1. The zero-order chi connectivity index (χ0) is 24.0. The summed E-state index contributed by atoms with van der Waals surface area (Å²) in [6.45, 7) is 4.19. The fourth-order valence-corrected chi connectivity index (χ4v) is 4.33. The lowest BCUT2D eigenvalue weighted by atomic mass is 9.91. The maximum atomic E-state index is 12.1. The third-order valence-corrected chi connectivity index (χ3v) is 6.52. The maximum absolute atomic E-state index is 12.1. The molecule has 4 rings (SSSR count). The van der Waals surface area contributed by atoms with Gasteiger partial charge in [0.25, 0.3) is 0 Å². The molecule has 2 heterocycles. The molecule has 1 atom stereocenters. The molecule has 0 aliphatic heterocycles. The smallest absolute Gasteiger partial charge is 0.348 e. The van der Waals surface area contributed by atoms with Crippen molar-refractivity contribution in [3.8, 4) is 22.3 Å². The number of carboxylic acid groups (broad SMARTS) is 1. The van der Waals surface area contributed by atoms with Gasteiger partial charge in [0.05, 0.1) is 17.2 Å². The average molecular weight is 478 g/mol. The lowest BCUT2D eigenvalue weighted by Crippen LogP contribution is -2.46. The number of carboxylic acids is 1. The summed E-state index contributed by atoms with van der Waals surface area (Å²) >= 11 is 1.59.